The van der Waals surface area contributed by atoms with Crippen molar-refractivity contribution in [3.05, 3.63) is 117 Å². The SMILES string of the molecule is COC(=O)c1cccc(Oc2cccc(-c3nnc(N(Cc4ccc(C(F)(F)P(=O)(O)O)c(Cl)c4)c4ccc(Cl)c(Cl)c4)s3)c2)c1. The van der Waals surface area contributed by atoms with Gasteiger partial charge in [0, 0.05) is 11.3 Å². The molecule has 0 saturated heterocycles. The summed E-state index contributed by atoms with van der Waals surface area (Å²) in [5.74, 6) is 0.399. The Morgan fingerprint density at radius 1 is 0.913 bits per heavy atom. The number of anilines is 2. The van der Waals surface area contributed by atoms with Gasteiger partial charge in [-0.15, -0.1) is 10.2 Å². The summed E-state index contributed by atoms with van der Waals surface area (Å²) in [6.45, 7) is 0.0355. The third-order valence-electron chi connectivity index (χ3n) is 6.50. The zero-order chi connectivity index (χ0) is 33.2. The number of methoxy groups -OCH3 is 1. The van der Waals surface area contributed by atoms with E-state index in [1.807, 2.05) is 6.07 Å². The molecule has 0 unspecified atom stereocenters. The maximum Gasteiger partial charge on any atom is 0.399 e. The molecule has 0 aliphatic carbocycles. The van der Waals surface area contributed by atoms with Crippen LogP contribution in [0.2, 0.25) is 15.1 Å². The van der Waals surface area contributed by atoms with E-state index in [0.29, 0.717) is 49.0 Å². The van der Waals surface area contributed by atoms with E-state index < -0.39 is 29.8 Å². The van der Waals surface area contributed by atoms with Gasteiger partial charge in [0.1, 0.15) is 16.5 Å². The first-order valence-electron chi connectivity index (χ1n) is 13.0. The van der Waals surface area contributed by atoms with E-state index in [4.69, 9.17) is 54.1 Å². The molecule has 0 spiro atoms. The molecular formula is C30H21Cl3F2N3O6PS. The molecule has 5 aromatic rings. The van der Waals surface area contributed by atoms with Crippen molar-refractivity contribution in [2.24, 2.45) is 0 Å². The second kappa shape index (κ2) is 13.6. The second-order valence-electron chi connectivity index (χ2n) is 9.62. The monoisotopic (exact) mass is 725 g/mol. The molecule has 0 aliphatic rings. The normalized spacial score (nSPS) is 11.7. The lowest BCUT2D eigenvalue weighted by Crippen LogP contribution is -2.18. The van der Waals surface area contributed by atoms with E-state index in [-0.39, 0.29) is 11.6 Å². The van der Waals surface area contributed by atoms with Gasteiger partial charge in [-0.1, -0.05) is 76.5 Å². The average Bonchev–Trinajstić information content (AvgIpc) is 3.51. The van der Waals surface area contributed by atoms with Crippen LogP contribution in [0.1, 0.15) is 21.5 Å². The quantitative estimate of drug-likeness (QED) is 0.107. The molecule has 16 heteroatoms. The van der Waals surface area contributed by atoms with Crippen LogP contribution in [0.5, 0.6) is 11.5 Å². The van der Waals surface area contributed by atoms with E-state index in [9.17, 15) is 18.1 Å². The van der Waals surface area contributed by atoms with Gasteiger partial charge >= 0.3 is 19.2 Å². The lowest BCUT2D eigenvalue weighted by Gasteiger charge is -2.23. The van der Waals surface area contributed by atoms with Crippen molar-refractivity contribution in [1.82, 2.24) is 10.2 Å². The Bertz CT molecular complexity index is 1980. The minimum absolute atomic E-state index is 0.0355. The standard InChI is InChI=1S/C30H21Cl3F2N3O6PS/c1-43-28(39)19-5-3-7-22(14-19)44-21-6-2-4-18(13-21)27-36-37-29(46-27)38(20-9-11-24(31)26(33)15-20)16-17-8-10-23(25(32)12-17)30(34,35)45(40,41)42/h2-15H,16H2,1H3,(H2,40,41,42). The molecule has 238 valence electrons. The number of carbonyl (C=O) groups excluding carboxylic acids is 1. The van der Waals surface area contributed by atoms with E-state index in [0.717, 1.165) is 6.07 Å². The highest BCUT2D eigenvalue weighted by Gasteiger charge is 2.51. The Labute approximate surface area is 280 Å². The maximum atomic E-state index is 14.4. The number of nitrogens with zero attached hydrogens (tertiary/aromatic N) is 3. The molecule has 0 radical (unpaired) electrons. The third kappa shape index (κ3) is 7.34. The van der Waals surface area contributed by atoms with E-state index in [2.05, 4.69) is 10.2 Å². The van der Waals surface area contributed by atoms with Gasteiger partial charge in [0.15, 0.2) is 0 Å². The summed E-state index contributed by atoms with van der Waals surface area (Å²) in [5, 5.41) is 9.65. The molecule has 0 saturated carbocycles. The van der Waals surface area contributed by atoms with Gasteiger partial charge in [0.05, 0.1) is 39.8 Å². The van der Waals surface area contributed by atoms with Gasteiger partial charge in [0.2, 0.25) is 5.13 Å². The second-order valence-corrected chi connectivity index (χ2v) is 13.5. The Morgan fingerprint density at radius 3 is 2.30 bits per heavy atom. The topological polar surface area (TPSA) is 122 Å². The van der Waals surface area contributed by atoms with Crippen LogP contribution in [-0.2, 0) is 21.5 Å². The van der Waals surface area contributed by atoms with Crippen molar-refractivity contribution >= 4 is 70.5 Å². The van der Waals surface area contributed by atoms with Gasteiger partial charge in [-0.05, 0) is 60.2 Å². The summed E-state index contributed by atoms with van der Waals surface area (Å²) >= 11 is 19.7. The zero-order valence-electron chi connectivity index (χ0n) is 23.4. The molecule has 5 rings (SSSR count). The molecule has 1 heterocycles. The van der Waals surface area contributed by atoms with Gasteiger partial charge < -0.3 is 24.2 Å². The number of benzene rings is 4. The Hall–Kier alpha value is -3.61. The van der Waals surface area contributed by atoms with Crippen LogP contribution < -0.4 is 9.64 Å². The molecule has 0 atom stereocenters. The van der Waals surface area contributed by atoms with E-state index in [1.165, 1.54) is 30.6 Å². The first kappa shape index (κ1) is 33.7. The molecule has 0 fully saturated rings. The van der Waals surface area contributed by atoms with Crippen LogP contribution in [0.4, 0.5) is 19.6 Å². The fourth-order valence-corrected chi connectivity index (χ4v) is 6.29. The van der Waals surface area contributed by atoms with Crippen molar-refractivity contribution < 1.29 is 37.4 Å². The predicted octanol–water partition coefficient (Wildman–Crippen LogP) is 9.31. The van der Waals surface area contributed by atoms with Crippen molar-refractivity contribution in [1.29, 1.82) is 0 Å². The van der Waals surface area contributed by atoms with Crippen LogP contribution in [-0.4, -0.2) is 33.1 Å². The summed E-state index contributed by atoms with van der Waals surface area (Å²) in [6, 6.07) is 21.8. The molecule has 9 nitrogen and oxygen atoms in total. The molecule has 4 aromatic carbocycles. The predicted molar refractivity (Wildman–Crippen MR) is 173 cm³/mol. The van der Waals surface area contributed by atoms with Crippen LogP contribution in [0, 0.1) is 0 Å². The Kier molecular flexibility index (Phi) is 10.00. The highest BCUT2D eigenvalue weighted by molar-refractivity contribution is 7.52. The molecule has 46 heavy (non-hydrogen) atoms. The van der Waals surface area contributed by atoms with Crippen molar-refractivity contribution in [3.63, 3.8) is 0 Å². The largest absolute Gasteiger partial charge is 0.465 e. The first-order chi connectivity index (χ1) is 21.8. The highest BCUT2D eigenvalue weighted by Crippen LogP contribution is 2.60. The molecule has 0 aliphatic heterocycles. The molecule has 2 N–H and O–H groups in total. The summed E-state index contributed by atoms with van der Waals surface area (Å²) in [7, 11) is -4.53. The minimum Gasteiger partial charge on any atom is -0.465 e. The number of ether oxygens (including phenoxy) is 2. The number of halogens is 5. The molecule has 0 bridgehead atoms. The van der Waals surface area contributed by atoms with Crippen LogP contribution in [0.25, 0.3) is 10.6 Å². The van der Waals surface area contributed by atoms with E-state index in [1.54, 1.807) is 65.6 Å². The van der Waals surface area contributed by atoms with E-state index >= 15 is 0 Å². The van der Waals surface area contributed by atoms with Gasteiger partial charge in [0.25, 0.3) is 0 Å². The smallest absolute Gasteiger partial charge is 0.399 e. The number of aromatic nitrogens is 2. The van der Waals surface area contributed by atoms with Gasteiger partial charge in [-0.3, -0.25) is 4.57 Å². The van der Waals surface area contributed by atoms with Crippen molar-refractivity contribution in [2.45, 2.75) is 12.2 Å². The molecular weight excluding hydrogens is 706 g/mol. The lowest BCUT2D eigenvalue weighted by atomic mass is 10.1. The minimum atomic E-state index is -5.82. The zero-order valence-corrected chi connectivity index (χ0v) is 27.4. The Morgan fingerprint density at radius 2 is 1.63 bits per heavy atom. The summed E-state index contributed by atoms with van der Waals surface area (Å²) < 4.78 is 50.9. The van der Waals surface area contributed by atoms with Crippen molar-refractivity contribution in [3.8, 4) is 22.1 Å². The number of rotatable bonds is 10. The number of carbonyl (C=O) groups is 1. The fraction of sp³-hybridized carbons (Fsp3) is 0.100. The third-order valence-corrected chi connectivity index (χ3v) is 9.52. The highest BCUT2D eigenvalue weighted by atomic mass is 35.5. The van der Waals surface area contributed by atoms with Gasteiger partial charge in [-0.2, -0.15) is 8.78 Å². The van der Waals surface area contributed by atoms with Crippen molar-refractivity contribution in [2.75, 3.05) is 12.0 Å². The van der Waals surface area contributed by atoms with Gasteiger partial charge in [-0.25, -0.2) is 4.79 Å². The summed E-state index contributed by atoms with van der Waals surface area (Å²) in [5.41, 5.74) is -3.50. The summed E-state index contributed by atoms with van der Waals surface area (Å²) in [4.78, 5) is 31.9. The Balaban J connectivity index is 1.46. The number of alkyl halides is 2. The lowest BCUT2D eigenvalue weighted by molar-refractivity contribution is 0.0565. The fourth-order valence-electron chi connectivity index (χ4n) is 4.24. The maximum absolute atomic E-state index is 14.4. The first-order valence-corrected chi connectivity index (χ1v) is 16.6. The molecule has 1 aromatic heterocycles. The summed E-state index contributed by atoms with van der Waals surface area (Å²) in [6.07, 6.45) is 0. The number of hydrogen-bond acceptors (Lipinski definition) is 8. The van der Waals surface area contributed by atoms with Crippen LogP contribution >= 0.6 is 53.7 Å². The van der Waals surface area contributed by atoms with Crippen LogP contribution in [0.3, 0.4) is 0 Å². The molecule has 0 amide bonds. The van der Waals surface area contributed by atoms with Crippen LogP contribution in [0.15, 0.2) is 84.9 Å². The average molecular weight is 727 g/mol. The number of esters is 1. The number of hydrogen-bond donors (Lipinski definition) is 2.